The number of nitrogens with one attached hydrogen (secondary N) is 1. The number of carbonyl (C=O) groups is 2. The summed E-state index contributed by atoms with van der Waals surface area (Å²) < 4.78 is 6.53. The summed E-state index contributed by atoms with van der Waals surface area (Å²) in [6, 6.07) is 7.89. The molecule has 0 aliphatic carbocycles. The average Bonchev–Trinajstić information content (AvgIpc) is 3.00. The second kappa shape index (κ2) is 7.51. The smallest absolute Gasteiger partial charge is 0.340 e. The minimum absolute atomic E-state index is 0.164. The summed E-state index contributed by atoms with van der Waals surface area (Å²) in [6.07, 6.45) is 0. The van der Waals surface area contributed by atoms with E-state index in [1.807, 2.05) is 0 Å². The molecule has 0 atom stereocenters. The zero-order valence-electron chi connectivity index (χ0n) is 16.0. The van der Waals surface area contributed by atoms with Crippen LogP contribution in [0.4, 0.5) is 5.69 Å². The fourth-order valence-electron chi connectivity index (χ4n) is 2.32. The molecule has 1 amide bonds. The normalized spacial score (nSPS) is 11.4. The average molecular weight is 400 g/mol. The van der Waals surface area contributed by atoms with Gasteiger partial charge in [0.2, 0.25) is 10.9 Å². The van der Waals surface area contributed by atoms with Crippen molar-refractivity contribution in [3.63, 3.8) is 0 Å². The van der Waals surface area contributed by atoms with Crippen LogP contribution in [0.5, 0.6) is 0 Å². The number of hydrogen-bond donors (Lipinski definition) is 1. The molecule has 2 heterocycles. The number of benzene rings is 1. The molecular formula is C19H20N4O4S. The molecule has 0 aliphatic rings. The maximum absolute atomic E-state index is 12.5. The van der Waals surface area contributed by atoms with Gasteiger partial charge in [-0.25, -0.2) is 9.78 Å². The zero-order chi connectivity index (χ0) is 20.5. The Morgan fingerprint density at radius 2 is 1.96 bits per heavy atom. The summed E-state index contributed by atoms with van der Waals surface area (Å²) in [7, 11) is 0. The Labute approximate surface area is 165 Å². The highest BCUT2D eigenvalue weighted by molar-refractivity contribution is 7.16. The monoisotopic (exact) mass is 400 g/mol. The molecule has 2 aromatic heterocycles. The second-order valence-corrected chi connectivity index (χ2v) is 8.39. The van der Waals surface area contributed by atoms with E-state index in [0.717, 1.165) is 0 Å². The maximum Gasteiger partial charge on any atom is 0.340 e. The number of amides is 1. The third-order valence-electron chi connectivity index (χ3n) is 3.83. The topological polar surface area (TPSA) is 103 Å². The number of nitrogens with zero attached hydrogens (tertiary/aromatic N) is 3. The van der Waals surface area contributed by atoms with Gasteiger partial charge in [-0.2, -0.15) is 9.61 Å². The van der Waals surface area contributed by atoms with Crippen molar-refractivity contribution in [1.82, 2.24) is 14.6 Å². The van der Waals surface area contributed by atoms with E-state index in [0.29, 0.717) is 21.3 Å². The van der Waals surface area contributed by atoms with Crippen molar-refractivity contribution in [1.29, 1.82) is 0 Å². The Bertz CT molecular complexity index is 1110. The molecule has 0 spiro atoms. The first-order valence-electron chi connectivity index (χ1n) is 8.59. The van der Waals surface area contributed by atoms with Gasteiger partial charge >= 0.3 is 5.97 Å². The van der Waals surface area contributed by atoms with Crippen LogP contribution in [0.1, 0.15) is 41.8 Å². The molecule has 146 valence electrons. The van der Waals surface area contributed by atoms with Crippen LogP contribution in [0.25, 0.3) is 4.96 Å². The number of anilines is 1. The summed E-state index contributed by atoms with van der Waals surface area (Å²) in [6.45, 7) is 6.96. The number of aryl methyl sites for hydroxylation is 1. The van der Waals surface area contributed by atoms with E-state index >= 15 is 0 Å². The van der Waals surface area contributed by atoms with Crippen molar-refractivity contribution >= 4 is 33.9 Å². The molecule has 0 saturated heterocycles. The lowest BCUT2D eigenvalue weighted by atomic mass is 9.95. The molecule has 28 heavy (non-hydrogen) atoms. The Balaban J connectivity index is 1.77. The predicted octanol–water partition coefficient (Wildman–Crippen LogP) is 2.80. The van der Waals surface area contributed by atoms with Crippen molar-refractivity contribution < 1.29 is 14.3 Å². The number of rotatable bonds is 4. The molecule has 1 N–H and O–H groups in total. The number of aromatic nitrogens is 3. The van der Waals surface area contributed by atoms with E-state index in [9.17, 15) is 14.4 Å². The van der Waals surface area contributed by atoms with Gasteiger partial charge in [0, 0.05) is 11.5 Å². The molecule has 8 nitrogen and oxygen atoms in total. The summed E-state index contributed by atoms with van der Waals surface area (Å²) in [5.74, 6) is -0.833. The molecular weight excluding hydrogens is 380 g/mol. The number of carbonyl (C=O) groups excluding carboxylic acids is 2. The van der Waals surface area contributed by atoms with Crippen LogP contribution in [0, 0.1) is 12.3 Å². The van der Waals surface area contributed by atoms with E-state index < -0.39 is 11.4 Å². The number of para-hydroxylation sites is 1. The van der Waals surface area contributed by atoms with Crippen LogP contribution in [-0.4, -0.2) is 26.5 Å². The fraction of sp³-hybridized carbons (Fsp3) is 0.316. The molecule has 3 aromatic rings. The van der Waals surface area contributed by atoms with Gasteiger partial charge < -0.3 is 10.1 Å². The number of fused-ring (bicyclic) bond motifs is 1. The number of esters is 1. The molecule has 0 unspecified atom stereocenters. The zero-order valence-corrected chi connectivity index (χ0v) is 16.8. The van der Waals surface area contributed by atoms with E-state index in [-0.39, 0.29) is 23.6 Å². The van der Waals surface area contributed by atoms with Crippen molar-refractivity contribution in [2.75, 3.05) is 5.32 Å². The Morgan fingerprint density at radius 3 is 2.68 bits per heavy atom. The second-order valence-electron chi connectivity index (χ2n) is 7.23. The SMILES string of the molecule is Cc1nn2c(=O)cc(COC(=O)c3ccccc3NC(=O)C(C)(C)C)nc2s1. The lowest BCUT2D eigenvalue weighted by Gasteiger charge is -2.19. The molecule has 3 rings (SSSR count). The van der Waals surface area contributed by atoms with Gasteiger partial charge in [-0.1, -0.05) is 44.2 Å². The lowest BCUT2D eigenvalue weighted by Crippen LogP contribution is -2.28. The van der Waals surface area contributed by atoms with Gasteiger partial charge in [0.15, 0.2) is 0 Å². The maximum atomic E-state index is 12.5. The molecule has 0 aliphatic heterocycles. The highest BCUT2D eigenvalue weighted by Crippen LogP contribution is 2.21. The van der Waals surface area contributed by atoms with Crippen molar-refractivity contribution in [2.24, 2.45) is 5.41 Å². The third-order valence-corrected chi connectivity index (χ3v) is 4.65. The summed E-state index contributed by atoms with van der Waals surface area (Å²) in [5, 5.41) is 7.53. The van der Waals surface area contributed by atoms with Crippen LogP contribution in [0.15, 0.2) is 35.1 Å². The van der Waals surface area contributed by atoms with Gasteiger partial charge in [-0.05, 0) is 19.1 Å². The van der Waals surface area contributed by atoms with E-state index in [4.69, 9.17) is 4.74 Å². The quantitative estimate of drug-likeness (QED) is 0.676. The Hall–Kier alpha value is -3.07. The largest absolute Gasteiger partial charge is 0.456 e. The van der Waals surface area contributed by atoms with Crippen LogP contribution in [0.3, 0.4) is 0 Å². The van der Waals surface area contributed by atoms with Crippen molar-refractivity contribution in [3.8, 4) is 0 Å². The lowest BCUT2D eigenvalue weighted by molar-refractivity contribution is -0.123. The van der Waals surface area contributed by atoms with Gasteiger partial charge in [-0.3, -0.25) is 9.59 Å². The van der Waals surface area contributed by atoms with Gasteiger partial charge in [0.25, 0.3) is 5.56 Å². The Morgan fingerprint density at radius 1 is 1.25 bits per heavy atom. The summed E-state index contributed by atoms with van der Waals surface area (Å²) in [5.41, 5.74) is -0.0113. The Kier molecular flexibility index (Phi) is 5.28. The standard InChI is InChI=1S/C19H20N4O4S/c1-11-22-23-15(24)9-12(20-18(23)28-11)10-27-16(25)13-7-5-6-8-14(13)21-17(26)19(2,3)4/h5-9H,10H2,1-4H3,(H,21,26). The summed E-state index contributed by atoms with van der Waals surface area (Å²) >= 11 is 1.28. The molecule has 0 saturated carbocycles. The molecule has 0 fully saturated rings. The minimum atomic E-state index is -0.618. The minimum Gasteiger partial charge on any atom is -0.456 e. The van der Waals surface area contributed by atoms with Crippen molar-refractivity contribution in [2.45, 2.75) is 34.3 Å². The highest BCUT2D eigenvalue weighted by atomic mass is 32.1. The van der Waals surface area contributed by atoms with Gasteiger partial charge in [-0.15, -0.1) is 0 Å². The summed E-state index contributed by atoms with van der Waals surface area (Å²) in [4.78, 5) is 41.6. The van der Waals surface area contributed by atoms with Gasteiger partial charge in [0.05, 0.1) is 16.9 Å². The number of ether oxygens (including phenoxy) is 1. The first kappa shape index (κ1) is 19.7. The van der Waals surface area contributed by atoms with Crippen LogP contribution < -0.4 is 10.9 Å². The number of hydrogen-bond acceptors (Lipinski definition) is 7. The van der Waals surface area contributed by atoms with E-state index in [2.05, 4.69) is 15.4 Å². The molecule has 0 bridgehead atoms. The van der Waals surface area contributed by atoms with Crippen LogP contribution in [-0.2, 0) is 16.1 Å². The molecule has 0 radical (unpaired) electrons. The fourth-order valence-corrected chi connectivity index (χ4v) is 3.09. The van der Waals surface area contributed by atoms with E-state index in [1.54, 1.807) is 52.0 Å². The van der Waals surface area contributed by atoms with E-state index in [1.165, 1.54) is 21.9 Å². The van der Waals surface area contributed by atoms with Crippen LogP contribution >= 0.6 is 11.3 Å². The molecule has 9 heteroatoms. The first-order valence-corrected chi connectivity index (χ1v) is 9.41. The van der Waals surface area contributed by atoms with Crippen molar-refractivity contribution in [3.05, 3.63) is 57.0 Å². The van der Waals surface area contributed by atoms with Crippen LogP contribution in [0.2, 0.25) is 0 Å². The van der Waals surface area contributed by atoms with Gasteiger partial charge in [0.1, 0.15) is 11.6 Å². The first-order chi connectivity index (χ1) is 13.1. The third kappa shape index (κ3) is 4.25. The molecule has 1 aromatic carbocycles. The highest BCUT2D eigenvalue weighted by Gasteiger charge is 2.23. The predicted molar refractivity (Wildman–Crippen MR) is 106 cm³/mol.